The predicted octanol–water partition coefficient (Wildman–Crippen LogP) is 4.54. The highest BCUT2D eigenvalue weighted by Gasteiger charge is 2.29. The van der Waals surface area contributed by atoms with E-state index in [4.69, 9.17) is 4.42 Å². The van der Waals surface area contributed by atoms with Crippen LogP contribution in [0.4, 0.5) is 11.9 Å². The zero-order valence-electron chi connectivity index (χ0n) is 16.8. The summed E-state index contributed by atoms with van der Waals surface area (Å²) in [5.41, 5.74) is 4.31. The number of aryl methyl sites for hydroxylation is 2. The maximum Gasteiger partial charge on any atom is 0.230 e. The number of anilines is 2. The van der Waals surface area contributed by atoms with Crippen molar-refractivity contribution < 1.29 is 9.21 Å². The van der Waals surface area contributed by atoms with E-state index in [1.165, 1.54) is 5.56 Å². The molecule has 3 aromatic heterocycles. The van der Waals surface area contributed by atoms with Crippen LogP contribution in [0.2, 0.25) is 0 Å². The van der Waals surface area contributed by atoms with Crippen LogP contribution in [-0.2, 0) is 12.8 Å². The van der Waals surface area contributed by atoms with Crippen molar-refractivity contribution in [1.82, 2.24) is 19.9 Å². The van der Waals surface area contributed by atoms with E-state index in [1.807, 2.05) is 25.1 Å². The maximum atomic E-state index is 12.5. The Kier molecular flexibility index (Phi) is 4.50. The first-order valence-corrected chi connectivity index (χ1v) is 10.1. The van der Waals surface area contributed by atoms with E-state index in [0.717, 1.165) is 34.5 Å². The zero-order chi connectivity index (χ0) is 20.7. The van der Waals surface area contributed by atoms with Gasteiger partial charge in [0, 0.05) is 30.3 Å². The second-order valence-electron chi connectivity index (χ2n) is 7.56. The summed E-state index contributed by atoms with van der Waals surface area (Å²) in [6.07, 6.45) is 5.22. The first-order chi connectivity index (χ1) is 14.6. The van der Waals surface area contributed by atoms with Gasteiger partial charge in [0.2, 0.25) is 11.9 Å². The standard InChI is InChI=1S/C23H21N5O2/c1-3-14-6-7-18-16(9-14)13(2)25-23(26-18)28-22-24-12-17-19(27-22)10-15(11-20(17)29)21-5-4-8-30-21/h4-9,12,15H,3,10-11H2,1-2H3,(H,24,25,26,27,28)/t15-/m1/s1. The fraction of sp³-hybridized carbons (Fsp3) is 0.261. The highest BCUT2D eigenvalue weighted by Crippen LogP contribution is 2.32. The third-order valence-electron chi connectivity index (χ3n) is 5.57. The van der Waals surface area contributed by atoms with E-state index in [1.54, 1.807) is 12.5 Å². The van der Waals surface area contributed by atoms with Gasteiger partial charge in [0.1, 0.15) is 5.76 Å². The number of hydrogen-bond acceptors (Lipinski definition) is 7. The molecule has 30 heavy (non-hydrogen) atoms. The van der Waals surface area contributed by atoms with Crippen molar-refractivity contribution in [3.8, 4) is 0 Å². The summed E-state index contributed by atoms with van der Waals surface area (Å²) in [4.78, 5) is 30.6. The van der Waals surface area contributed by atoms with Crippen LogP contribution < -0.4 is 5.32 Å². The number of ketones is 1. The molecule has 0 unspecified atom stereocenters. The van der Waals surface area contributed by atoms with E-state index < -0.39 is 0 Å². The Balaban J connectivity index is 1.45. The fourth-order valence-corrected chi connectivity index (χ4v) is 3.93. The van der Waals surface area contributed by atoms with Crippen molar-refractivity contribution in [2.45, 2.75) is 39.0 Å². The average Bonchev–Trinajstić information content (AvgIpc) is 3.28. The van der Waals surface area contributed by atoms with Gasteiger partial charge in [0.15, 0.2) is 5.78 Å². The fourth-order valence-electron chi connectivity index (χ4n) is 3.93. The van der Waals surface area contributed by atoms with Crippen LogP contribution in [0.15, 0.2) is 47.2 Å². The third-order valence-corrected chi connectivity index (χ3v) is 5.57. The molecule has 150 valence electrons. The number of rotatable bonds is 4. The lowest BCUT2D eigenvalue weighted by Gasteiger charge is -2.21. The molecule has 1 aromatic carbocycles. The third kappa shape index (κ3) is 3.32. The highest BCUT2D eigenvalue weighted by atomic mass is 16.3. The van der Waals surface area contributed by atoms with Gasteiger partial charge in [-0.05, 0) is 43.2 Å². The van der Waals surface area contributed by atoms with Crippen LogP contribution in [0.3, 0.4) is 0 Å². The number of furan rings is 1. The Bertz CT molecular complexity index is 1250. The monoisotopic (exact) mass is 399 g/mol. The molecule has 0 amide bonds. The van der Waals surface area contributed by atoms with E-state index in [9.17, 15) is 4.79 Å². The molecule has 1 aliphatic carbocycles. The molecule has 7 heteroatoms. The molecule has 1 atom stereocenters. The van der Waals surface area contributed by atoms with Crippen LogP contribution in [0.5, 0.6) is 0 Å². The van der Waals surface area contributed by atoms with Crippen LogP contribution in [0.25, 0.3) is 10.9 Å². The lowest BCUT2D eigenvalue weighted by atomic mass is 9.85. The molecule has 5 rings (SSSR count). The highest BCUT2D eigenvalue weighted by molar-refractivity contribution is 5.98. The Morgan fingerprint density at radius 2 is 2.03 bits per heavy atom. The van der Waals surface area contributed by atoms with Gasteiger partial charge < -0.3 is 4.42 Å². The molecule has 4 aromatic rings. The summed E-state index contributed by atoms with van der Waals surface area (Å²) in [6, 6.07) is 9.96. The number of Topliss-reactive ketones (excluding diaryl/α,β-unsaturated/α-hetero) is 1. The van der Waals surface area contributed by atoms with E-state index in [-0.39, 0.29) is 11.7 Å². The van der Waals surface area contributed by atoms with Crippen molar-refractivity contribution in [2.75, 3.05) is 5.32 Å². The smallest absolute Gasteiger partial charge is 0.230 e. The van der Waals surface area contributed by atoms with Gasteiger partial charge >= 0.3 is 0 Å². The lowest BCUT2D eigenvalue weighted by molar-refractivity contribution is 0.0958. The number of nitrogens with one attached hydrogen (secondary N) is 1. The largest absolute Gasteiger partial charge is 0.469 e. The summed E-state index contributed by atoms with van der Waals surface area (Å²) in [6.45, 7) is 4.09. The molecule has 0 fully saturated rings. The number of carbonyl (C=O) groups is 1. The molecule has 0 aliphatic heterocycles. The summed E-state index contributed by atoms with van der Waals surface area (Å²) in [5, 5.41) is 4.14. The van der Waals surface area contributed by atoms with E-state index in [2.05, 4.69) is 44.3 Å². The van der Waals surface area contributed by atoms with Crippen LogP contribution in [-0.4, -0.2) is 25.7 Å². The molecule has 0 spiro atoms. The average molecular weight is 399 g/mol. The Labute approximate surface area is 173 Å². The van der Waals surface area contributed by atoms with Crippen LogP contribution in [0, 0.1) is 6.92 Å². The van der Waals surface area contributed by atoms with Crippen molar-refractivity contribution >= 4 is 28.6 Å². The molecule has 0 saturated carbocycles. The summed E-state index contributed by atoms with van der Waals surface area (Å²) in [7, 11) is 0. The second kappa shape index (κ2) is 7.33. The predicted molar refractivity (Wildman–Crippen MR) is 113 cm³/mol. The number of aromatic nitrogens is 4. The molecule has 7 nitrogen and oxygen atoms in total. The topological polar surface area (TPSA) is 93.8 Å². The van der Waals surface area contributed by atoms with Crippen molar-refractivity contribution in [3.63, 3.8) is 0 Å². The van der Waals surface area contributed by atoms with Gasteiger partial charge in [-0.1, -0.05) is 13.0 Å². The number of nitrogens with zero attached hydrogens (tertiary/aromatic N) is 4. The summed E-state index contributed by atoms with van der Waals surface area (Å²) < 4.78 is 5.50. The SMILES string of the molecule is CCc1ccc2nc(Nc3ncc4c(n3)C[C@@H](c3ccco3)CC4=O)nc(C)c2c1. The Morgan fingerprint density at radius 3 is 2.83 bits per heavy atom. The van der Waals surface area contributed by atoms with Gasteiger partial charge in [0.05, 0.1) is 28.7 Å². The Hall–Kier alpha value is -3.61. The molecular formula is C23H21N5O2. The first kappa shape index (κ1) is 18.4. The molecule has 1 aliphatic rings. The number of benzene rings is 1. The quantitative estimate of drug-likeness (QED) is 0.538. The van der Waals surface area contributed by atoms with Crippen LogP contribution >= 0.6 is 0 Å². The van der Waals surface area contributed by atoms with Crippen molar-refractivity contribution in [2.24, 2.45) is 0 Å². The molecular weight excluding hydrogens is 378 g/mol. The van der Waals surface area contributed by atoms with E-state index >= 15 is 0 Å². The molecule has 0 bridgehead atoms. The van der Waals surface area contributed by atoms with Gasteiger partial charge in [-0.3, -0.25) is 10.1 Å². The zero-order valence-corrected chi connectivity index (χ0v) is 16.8. The lowest BCUT2D eigenvalue weighted by Crippen LogP contribution is -2.21. The molecule has 1 N–H and O–H groups in total. The minimum Gasteiger partial charge on any atom is -0.469 e. The number of fused-ring (bicyclic) bond motifs is 2. The minimum absolute atomic E-state index is 0.00493. The number of carbonyl (C=O) groups excluding carboxylic acids is 1. The maximum absolute atomic E-state index is 12.5. The molecule has 3 heterocycles. The minimum atomic E-state index is -0.00493. The van der Waals surface area contributed by atoms with E-state index in [0.29, 0.717) is 30.3 Å². The number of hydrogen-bond donors (Lipinski definition) is 1. The molecule has 0 saturated heterocycles. The molecule has 0 radical (unpaired) electrons. The van der Waals surface area contributed by atoms with Gasteiger partial charge in [-0.2, -0.15) is 0 Å². The summed E-state index contributed by atoms with van der Waals surface area (Å²) >= 11 is 0. The van der Waals surface area contributed by atoms with Crippen molar-refractivity contribution in [3.05, 3.63) is 71.1 Å². The summed E-state index contributed by atoms with van der Waals surface area (Å²) in [5.74, 6) is 1.66. The Morgan fingerprint density at radius 1 is 1.13 bits per heavy atom. The van der Waals surface area contributed by atoms with Gasteiger partial charge in [-0.25, -0.2) is 19.9 Å². The van der Waals surface area contributed by atoms with Crippen molar-refractivity contribution in [1.29, 1.82) is 0 Å². The second-order valence-corrected chi connectivity index (χ2v) is 7.56. The normalized spacial score (nSPS) is 15.9. The van der Waals surface area contributed by atoms with Gasteiger partial charge in [0.25, 0.3) is 0 Å². The van der Waals surface area contributed by atoms with Crippen LogP contribution in [0.1, 0.15) is 52.3 Å². The first-order valence-electron chi connectivity index (χ1n) is 10.1. The van der Waals surface area contributed by atoms with Gasteiger partial charge in [-0.15, -0.1) is 0 Å².